The normalized spacial score (nSPS) is 17.4. The number of thiophene rings is 1. The topological polar surface area (TPSA) is 53.8 Å². The zero-order chi connectivity index (χ0) is 21.9. The summed E-state index contributed by atoms with van der Waals surface area (Å²) in [6.07, 6.45) is 5.54. The molecule has 5 rings (SSSR count). The number of thioether (sulfide) groups is 1. The van der Waals surface area contributed by atoms with E-state index in [2.05, 4.69) is 11.4 Å². The number of para-hydroxylation sites is 1. The highest BCUT2D eigenvalue weighted by molar-refractivity contribution is 8.00. The zero-order valence-electron chi connectivity index (χ0n) is 18.1. The molecule has 2 aliphatic rings. The molecule has 1 aromatic carbocycles. The summed E-state index contributed by atoms with van der Waals surface area (Å²) < 4.78 is 7.29. The van der Waals surface area contributed by atoms with E-state index < -0.39 is 0 Å². The molecule has 1 aliphatic heterocycles. The van der Waals surface area contributed by atoms with Crippen LogP contribution in [-0.4, -0.2) is 47.8 Å². The van der Waals surface area contributed by atoms with Gasteiger partial charge >= 0.3 is 0 Å². The molecular weight excluding hydrogens is 440 g/mol. The number of piperazine rings is 1. The second-order valence-corrected chi connectivity index (χ2v) is 10.9. The number of carbonyl (C=O) groups excluding carboxylic acids is 2. The van der Waals surface area contributed by atoms with Crippen LogP contribution in [0.4, 0.5) is 0 Å². The monoisotopic (exact) mass is 468 g/mol. The van der Waals surface area contributed by atoms with Gasteiger partial charge in [-0.05, 0) is 36.3 Å². The van der Waals surface area contributed by atoms with Crippen LogP contribution >= 0.6 is 23.1 Å². The lowest BCUT2D eigenvalue weighted by molar-refractivity contribution is -0.133. The minimum Gasteiger partial charge on any atom is -0.451 e. The molecule has 2 fully saturated rings. The van der Waals surface area contributed by atoms with Crippen LogP contribution in [0.5, 0.6) is 0 Å². The molecule has 0 bridgehead atoms. The number of hydrogen-bond acceptors (Lipinski definition) is 5. The molecule has 7 heteroatoms. The van der Waals surface area contributed by atoms with Gasteiger partial charge in [0.1, 0.15) is 5.58 Å². The van der Waals surface area contributed by atoms with Crippen LogP contribution in [0.1, 0.15) is 48.2 Å². The van der Waals surface area contributed by atoms with E-state index in [1.807, 2.05) is 40.1 Å². The second-order valence-electron chi connectivity index (χ2n) is 8.65. The highest BCUT2D eigenvalue weighted by Gasteiger charge is 2.30. The smallest absolute Gasteiger partial charge is 0.290 e. The van der Waals surface area contributed by atoms with Gasteiger partial charge in [-0.2, -0.15) is 0 Å². The number of rotatable bonds is 6. The maximum Gasteiger partial charge on any atom is 0.290 e. The molecular formula is C25H28N2O3S2. The van der Waals surface area contributed by atoms with Crippen molar-refractivity contribution in [2.24, 2.45) is 5.92 Å². The maximum absolute atomic E-state index is 13.4. The Balaban J connectivity index is 1.27. The molecule has 1 saturated carbocycles. The number of furan rings is 1. The number of fused-ring (bicyclic) bond motifs is 1. The molecule has 2 aromatic heterocycles. The summed E-state index contributed by atoms with van der Waals surface area (Å²) in [5.41, 5.74) is 1.71. The fourth-order valence-corrected chi connectivity index (χ4v) is 6.61. The van der Waals surface area contributed by atoms with Crippen molar-refractivity contribution in [3.05, 3.63) is 53.1 Å². The van der Waals surface area contributed by atoms with Gasteiger partial charge in [-0.1, -0.05) is 37.1 Å². The highest BCUT2D eigenvalue weighted by atomic mass is 32.2. The van der Waals surface area contributed by atoms with E-state index in [1.54, 1.807) is 23.1 Å². The van der Waals surface area contributed by atoms with Gasteiger partial charge in [0.15, 0.2) is 5.76 Å². The molecule has 0 radical (unpaired) electrons. The first-order valence-electron chi connectivity index (χ1n) is 11.4. The number of benzene rings is 1. The van der Waals surface area contributed by atoms with E-state index >= 15 is 0 Å². The predicted molar refractivity (Wildman–Crippen MR) is 129 cm³/mol. The lowest BCUT2D eigenvalue weighted by atomic mass is 10.0. The zero-order valence-corrected chi connectivity index (χ0v) is 19.8. The van der Waals surface area contributed by atoms with Crippen LogP contribution in [0.25, 0.3) is 11.0 Å². The molecule has 1 aliphatic carbocycles. The Hall–Kier alpha value is -2.25. The third-order valence-electron chi connectivity index (χ3n) is 6.60. The summed E-state index contributed by atoms with van der Waals surface area (Å²) in [5.74, 6) is 1.88. The fourth-order valence-electron chi connectivity index (χ4n) is 4.80. The molecule has 2 amide bonds. The van der Waals surface area contributed by atoms with E-state index in [1.165, 1.54) is 29.9 Å². The first kappa shape index (κ1) is 21.6. The van der Waals surface area contributed by atoms with Crippen molar-refractivity contribution < 1.29 is 14.0 Å². The van der Waals surface area contributed by atoms with Crippen LogP contribution in [0.15, 0.2) is 50.4 Å². The van der Waals surface area contributed by atoms with Gasteiger partial charge in [0.2, 0.25) is 5.91 Å². The molecule has 0 atom stereocenters. The standard InChI is InChI=1S/C25H28N2O3S2/c28-22(16-18-6-1-2-7-18)26-11-13-27(14-12-26)25(29)24-20(17-32-23-10-5-15-31-23)19-8-3-4-9-21(19)30-24/h3-5,8-10,15,18H,1-2,6-7,11-14,16-17H2. The number of amides is 2. The molecule has 0 spiro atoms. The van der Waals surface area contributed by atoms with Gasteiger partial charge < -0.3 is 14.2 Å². The first-order chi connectivity index (χ1) is 15.7. The molecule has 0 unspecified atom stereocenters. The van der Waals surface area contributed by atoms with Gasteiger partial charge in [0, 0.05) is 49.3 Å². The molecule has 5 nitrogen and oxygen atoms in total. The SMILES string of the molecule is O=C(CC1CCCC1)N1CCN(C(=O)c2oc3ccccc3c2CSc2cccs2)CC1. The molecule has 0 N–H and O–H groups in total. The van der Waals surface area contributed by atoms with Gasteiger partial charge in [0.25, 0.3) is 5.91 Å². The minimum absolute atomic E-state index is 0.0640. The van der Waals surface area contributed by atoms with Crippen LogP contribution in [0.2, 0.25) is 0 Å². The van der Waals surface area contributed by atoms with E-state index in [4.69, 9.17) is 4.42 Å². The van der Waals surface area contributed by atoms with E-state index in [-0.39, 0.29) is 11.8 Å². The van der Waals surface area contributed by atoms with Crippen LogP contribution in [-0.2, 0) is 10.5 Å². The predicted octanol–water partition coefficient (Wildman–Crippen LogP) is 5.65. The number of nitrogens with zero attached hydrogens (tertiary/aromatic N) is 2. The Morgan fingerprint density at radius 3 is 2.50 bits per heavy atom. The van der Waals surface area contributed by atoms with Gasteiger partial charge in [-0.15, -0.1) is 23.1 Å². The second kappa shape index (κ2) is 9.71. The van der Waals surface area contributed by atoms with E-state index in [0.717, 1.165) is 16.5 Å². The van der Waals surface area contributed by atoms with Crippen molar-refractivity contribution in [3.63, 3.8) is 0 Å². The lowest BCUT2D eigenvalue weighted by Gasteiger charge is -2.35. The summed E-state index contributed by atoms with van der Waals surface area (Å²) in [4.78, 5) is 29.9. The van der Waals surface area contributed by atoms with Crippen molar-refractivity contribution in [3.8, 4) is 0 Å². The molecule has 3 aromatic rings. The molecule has 32 heavy (non-hydrogen) atoms. The quantitative estimate of drug-likeness (QED) is 0.439. The summed E-state index contributed by atoms with van der Waals surface area (Å²) in [5, 5.41) is 3.07. The summed E-state index contributed by atoms with van der Waals surface area (Å²) in [7, 11) is 0. The summed E-state index contributed by atoms with van der Waals surface area (Å²) in [6, 6.07) is 12.0. The number of hydrogen-bond donors (Lipinski definition) is 0. The Morgan fingerprint density at radius 2 is 1.75 bits per heavy atom. The summed E-state index contributed by atoms with van der Waals surface area (Å²) in [6.45, 7) is 2.33. The van der Waals surface area contributed by atoms with Crippen LogP contribution in [0.3, 0.4) is 0 Å². The van der Waals surface area contributed by atoms with Crippen LogP contribution in [0, 0.1) is 5.92 Å². The molecule has 3 heterocycles. The van der Waals surface area contributed by atoms with Crippen molar-refractivity contribution in [2.75, 3.05) is 26.2 Å². The van der Waals surface area contributed by atoms with Crippen molar-refractivity contribution >= 4 is 45.9 Å². The lowest BCUT2D eigenvalue weighted by Crippen LogP contribution is -2.50. The van der Waals surface area contributed by atoms with Gasteiger partial charge in [-0.25, -0.2) is 0 Å². The molecule has 168 valence electrons. The summed E-state index contributed by atoms with van der Waals surface area (Å²) >= 11 is 3.44. The third-order valence-corrected chi connectivity index (χ3v) is 8.76. The third kappa shape index (κ3) is 4.59. The maximum atomic E-state index is 13.4. The minimum atomic E-state index is -0.0640. The average Bonchev–Trinajstić information content (AvgIpc) is 3.58. The average molecular weight is 469 g/mol. The molecule has 1 saturated heterocycles. The van der Waals surface area contributed by atoms with Gasteiger partial charge in [-0.3, -0.25) is 9.59 Å². The fraction of sp³-hybridized carbons (Fsp3) is 0.440. The Bertz CT molecular complexity index is 1080. The van der Waals surface area contributed by atoms with E-state index in [9.17, 15) is 9.59 Å². The van der Waals surface area contributed by atoms with E-state index in [0.29, 0.717) is 50.0 Å². The Morgan fingerprint density at radius 1 is 1.00 bits per heavy atom. The van der Waals surface area contributed by atoms with Crippen LogP contribution < -0.4 is 0 Å². The Kier molecular flexibility index (Phi) is 6.55. The highest BCUT2D eigenvalue weighted by Crippen LogP contribution is 2.34. The largest absolute Gasteiger partial charge is 0.451 e. The van der Waals surface area contributed by atoms with Crippen molar-refractivity contribution in [2.45, 2.75) is 42.1 Å². The van der Waals surface area contributed by atoms with Crippen molar-refractivity contribution in [1.29, 1.82) is 0 Å². The van der Waals surface area contributed by atoms with Gasteiger partial charge in [0.05, 0.1) is 4.21 Å². The first-order valence-corrected chi connectivity index (χ1v) is 13.3. The number of carbonyl (C=O) groups is 2. The van der Waals surface area contributed by atoms with Crippen molar-refractivity contribution in [1.82, 2.24) is 9.80 Å². The Labute approximate surface area is 196 Å².